The molecule has 190 valence electrons. The van der Waals surface area contributed by atoms with Gasteiger partial charge in [0.15, 0.2) is 0 Å². The smallest absolute Gasteiger partial charge is 0.347 e. The Morgan fingerprint density at radius 3 is 2.31 bits per heavy atom. The molecule has 4 aromatic carbocycles. The highest BCUT2D eigenvalue weighted by molar-refractivity contribution is 6.22. The number of hydrogen-bond donors (Lipinski definition) is 1. The highest BCUT2D eigenvalue weighted by Crippen LogP contribution is 2.26. The van der Waals surface area contributed by atoms with E-state index in [4.69, 9.17) is 4.42 Å². The minimum absolute atomic E-state index is 0.176. The van der Waals surface area contributed by atoms with Gasteiger partial charge in [-0.3, -0.25) is 19.3 Å². The quantitative estimate of drug-likeness (QED) is 0.321. The monoisotopic (exact) mass is 515 g/mol. The molecule has 6 rings (SSSR count). The van der Waals surface area contributed by atoms with Gasteiger partial charge >= 0.3 is 5.63 Å². The average molecular weight is 516 g/mol. The van der Waals surface area contributed by atoms with Crippen LogP contribution >= 0.6 is 0 Å². The second kappa shape index (κ2) is 9.83. The number of nitrogens with one attached hydrogen (secondary N) is 1. The summed E-state index contributed by atoms with van der Waals surface area (Å²) in [5.41, 5.74) is 2.92. The van der Waals surface area contributed by atoms with Crippen molar-refractivity contribution in [3.63, 3.8) is 0 Å². The number of imide groups is 1. The van der Waals surface area contributed by atoms with Crippen LogP contribution in [-0.2, 0) is 6.42 Å². The summed E-state index contributed by atoms with van der Waals surface area (Å²) in [6, 6.07) is 27.8. The number of rotatable bonds is 6. The second-order valence-electron chi connectivity index (χ2n) is 9.11. The summed E-state index contributed by atoms with van der Waals surface area (Å²) < 4.78 is 5.36. The molecule has 1 aliphatic heterocycles. The van der Waals surface area contributed by atoms with Gasteiger partial charge in [-0.15, -0.1) is 0 Å². The Hall–Kier alpha value is -5.37. The SMILES string of the molecule is O=C(Nc1ccc(-c2nc3ccccc3c(=O)o2)cc1)c1ccc2c(c1)C(=O)N(CCc1ccccc1)C2=O. The first-order valence-electron chi connectivity index (χ1n) is 12.3. The Morgan fingerprint density at radius 2 is 1.51 bits per heavy atom. The Kier molecular flexibility index (Phi) is 6.05. The van der Waals surface area contributed by atoms with Gasteiger partial charge in [0, 0.05) is 23.4 Å². The minimum atomic E-state index is -0.476. The van der Waals surface area contributed by atoms with Crippen LogP contribution in [0.25, 0.3) is 22.4 Å². The van der Waals surface area contributed by atoms with Gasteiger partial charge in [-0.1, -0.05) is 42.5 Å². The fourth-order valence-electron chi connectivity index (χ4n) is 4.56. The lowest BCUT2D eigenvalue weighted by Crippen LogP contribution is -2.31. The van der Waals surface area contributed by atoms with Crippen molar-refractivity contribution >= 4 is 34.3 Å². The van der Waals surface area contributed by atoms with Gasteiger partial charge in [-0.25, -0.2) is 9.78 Å². The van der Waals surface area contributed by atoms with Crippen molar-refractivity contribution in [3.05, 3.63) is 130 Å². The molecule has 5 aromatic rings. The molecule has 0 radical (unpaired) electrons. The molecule has 0 saturated heterocycles. The summed E-state index contributed by atoms with van der Waals surface area (Å²) in [4.78, 5) is 56.6. The minimum Gasteiger partial charge on any atom is -0.403 e. The van der Waals surface area contributed by atoms with Gasteiger partial charge in [0.05, 0.1) is 22.0 Å². The van der Waals surface area contributed by atoms with Gasteiger partial charge in [0.2, 0.25) is 5.89 Å². The predicted octanol–water partition coefficient (Wildman–Crippen LogP) is 4.95. The highest BCUT2D eigenvalue weighted by Gasteiger charge is 2.35. The number of amides is 3. The summed E-state index contributed by atoms with van der Waals surface area (Å²) >= 11 is 0. The van der Waals surface area contributed by atoms with E-state index >= 15 is 0 Å². The van der Waals surface area contributed by atoms with E-state index in [1.54, 1.807) is 48.5 Å². The first-order valence-corrected chi connectivity index (χ1v) is 12.3. The molecule has 0 bridgehead atoms. The van der Waals surface area contributed by atoms with Gasteiger partial charge < -0.3 is 9.73 Å². The number of nitrogens with zero attached hydrogens (tertiary/aromatic N) is 2. The first-order chi connectivity index (χ1) is 19.0. The number of carbonyl (C=O) groups is 3. The number of hydrogen-bond acceptors (Lipinski definition) is 6. The predicted molar refractivity (Wildman–Crippen MR) is 146 cm³/mol. The molecule has 0 aliphatic carbocycles. The molecular formula is C31H21N3O5. The topological polar surface area (TPSA) is 110 Å². The van der Waals surface area contributed by atoms with Crippen LogP contribution in [0.3, 0.4) is 0 Å². The summed E-state index contributed by atoms with van der Waals surface area (Å²) in [5, 5.41) is 3.19. The van der Waals surface area contributed by atoms with Crippen LogP contribution in [0.1, 0.15) is 36.6 Å². The molecule has 8 nitrogen and oxygen atoms in total. The molecular weight excluding hydrogens is 494 g/mol. The van der Waals surface area contributed by atoms with Crippen LogP contribution in [-0.4, -0.2) is 34.2 Å². The van der Waals surface area contributed by atoms with Crippen LogP contribution in [0.2, 0.25) is 0 Å². The molecule has 3 amide bonds. The molecule has 0 atom stereocenters. The zero-order valence-corrected chi connectivity index (χ0v) is 20.6. The summed E-state index contributed by atoms with van der Waals surface area (Å²) in [6.07, 6.45) is 0.549. The van der Waals surface area contributed by atoms with Crippen LogP contribution in [0.4, 0.5) is 5.69 Å². The molecule has 1 aliphatic rings. The number of aromatic nitrogens is 1. The van der Waals surface area contributed by atoms with Crippen LogP contribution in [0.5, 0.6) is 0 Å². The van der Waals surface area contributed by atoms with Crippen molar-refractivity contribution < 1.29 is 18.8 Å². The van der Waals surface area contributed by atoms with Gasteiger partial charge in [0.25, 0.3) is 17.7 Å². The third kappa shape index (κ3) is 4.59. The average Bonchev–Trinajstić information content (AvgIpc) is 3.21. The van der Waals surface area contributed by atoms with E-state index in [1.807, 2.05) is 30.3 Å². The largest absolute Gasteiger partial charge is 0.403 e. The summed E-state index contributed by atoms with van der Waals surface area (Å²) in [5.74, 6) is -1.02. The Balaban J connectivity index is 1.16. The van der Waals surface area contributed by atoms with Crippen LogP contribution in [0, 0.1) is 0 Å². The molecule has 0 unspecified atom stereocenters. The normalized spacial score (nSPS) is 12.6. The van der Waals surface area contributed by atoms with E-state index in [2.05, 4.69) is 10.3 Å². The van der Waals surface area contributed by atoms with Crippen molar-refractivity contribution in [2.24, 2.45) is 0 Å². The van der Waals surface area contributed by atoms with E-state index in [0.717, 1.165) is 5.56 Å². The van der Waals surface area contributed by atoms with Gasteiger partial charge in [-0.05, 0) is 66.6 Å². The van der Waals surface area contributed by atoms with Crippen molar-refractivity contribution in [1.29, 1.82) is 0 Å². The van der Waals surface area contributed by atoms with E-state index in [9.17, 15) is 19.2 Å². The lowest BCUT2D eigenvalue weighted by Gasteiger charge is -2.13. The van der Waals surface area contributed by atoms with E-state index < -0.39 is 17.4 Å². The fourth-order valence-corrected chi connectivity index (χ4v) is 4.56. The Morgan fingerprint density at radius 1 is 0.795 bits per heavy atom. The number of benzene rings is 4. The third-order valence-corrected chi connectivity index (χ3v) is 6.62. The van der Waals surface area contributed by atoms with Gasteiger partial charge in [0.1, 0.15) is 0 Å². The molecule has 2 heterocycles. The summed E-state index contributed by atoms with van der Waals surface area (Å²) in [6.45, 7) is 0.260. The maximum atomic E-state index is 13.0. The molecule has 0 saturated carbocycles. The van der Waals surface area contributed by atoms with Crippen molar-refractivity contribution in [2.45, 2.75) is 6.42 Å². The van der Waals surface area contributed by atoms with Crippen molar-refractivity contribution in [2.75, 3.05) is 11.9 Å². The number of anilines is 1. The molecule has 1 N–H and O–H groups in total. The van der Waals surface area contributed by atoms with Crippen LogP contribution < -0.4 is 10.9 Å². The molecule has 39 heavy (non-hydrogen) atoms. The zero-order chi connectivity index (χ0) is 26.9. The molecule has 1 aromatic heterocycles. The lowest BCUT2D eigenvalue weighted by molar-refractivity contribution is 0.0656. The Bertz CT molecular complexity index is 1810. The van der Waals surface area contributed by atoms with E-state index in [-0.39, 0.29) is 29.5 Å². The standard InChI is InChI=1S/C31H21N3O5/c35-27(32-22-13-10-20(11-14-22)28-33-26-9-5-4-8-24(26)31(38)39-28)21-12-15-23-25(18-21)30(37)34(29(23)36)17-16-19-6-2-1-3-7-19/h1-15,18H,16-17H2,(H,32,35). The van der Waals surface area contributed by atoms with Crippen molar-refractivity contribution in [3.8, 4) is 11.5 Å². The van der Waals surface area contributed by atoms with Gasteiger partial charge in [-0.2, -0.15) is 0 Å². The van der Waals surface area contributed by atoms with Crippen molar-refractivity contribution in [1.82, 2.24) is 9.88 Å². The number of fused-ring (bicyclic) bond motifs is 2. The highest BCUT2D eigenvalue weighted by atomic mass is 16.4. The molecule has 8 heteroatoms. The zero-order valence-electron chi connectivity index (χ0n) is 20.6. The number of para-hydroxylation sites is 1. The lowest BCUT2D eigenvalue weighted by atomic mass is 10.1. The third-order valence-electron chi connectivity index (χ3n) is 6.62. The maximum absolute atomic E-state index is 13.0. The fraction of sp³-hybridized carbons (Fsp3) is 0.0645. The molecule has 0 spiro atoms. The van der Waals surface area contributed by atoms with Crippen LogP contribution in [0.15, 0.2) is 106 Å². The van der Waals surface area contributed by atoms with E-state index in [0.29, 0.717) is 34.1 Å². The number of carbonyl (C=O) groups excluding carboxylic acids is 3. The summed E-state index contributed by atoms with van der Waals surface area (Å²) in [7, 11) is 0. The Labute approximate surface area is 222 Å². The molecule has 0 fully saturated rings. The maximum Gasteiger partial charge on any atom is 0.347 e. The van der Waals surface area contributed by atoms with E-state index in [1.165, 1.54) is 23.1 Å². The second-order valence-corrected chi connectivity index (χ2v) is 9.11. The first kappa shape index (κ1) is 24.0.